The van der Waals surface area contributed by atoms with Crippen LogP contribution in [-0.2, 0) is 9.53 Å². The van der Waals surface area contributed by atoms with E-state index < -0.39 is 24.0 Å². The van der Waals surface area contributed by atoms with Gasteiger partial charge in [0.25, 0.3) is 11.5 Å². The van der Waals surface area contributed by atoms with Crippen LogP contribution in [0.25, 0.3) is 5.69 Å². The van der Waals surface area contributed by atoms with Crippen LogP contribution in [0.2, 0.25) is 0 Å². The number of rotatable bonds is 9. The van der Waals surface area contributed by atoms with E-state index in [0.717, 1.165) is 16.3 Å². The predicted octanol–water partition coefficient (Wildman–Crippen LogP) is 2.75. The van der Waals surface area contributed by atoms with Gasteiger partial charge >= 0.3 is 5.97 Å². The van der Waals surface area contributed by atoms with E-state index in [2.05, 4.69) is 10.4 Å². The quantitative estimate of drug-likeness (QED) is 0.478. The zero-order valence-electron chi connectivity index (χ0n) is 19.3. The molecule has 1 heterocycles. The highest BCUT2D eigenvalue weighted by Gasteiger charge is 2.21. The van der Waals surface area contributed by atoms with E-state index in [1.54, 1.807) is 37.3 Å². The number of nitrogens with one attached hydrogen (secondary N) is 1. The summed E-state index contributed by atoms with van der Waals surface area (Å²) in [6.45, 7) is 3.09. The minimum absolute atomic E-state index is 0.100. The number of ether oxygens (including phenoxy) is 4. The fourth-order valence-corrected chi connectivity index (χ4v) is 3.12. The van der Waals surface area contributed by atoms with Crippen LogP contribution in [-0.4, -0.2) is 49.1 Å². The van der Waals surface area contributed by atoms with Gasteiger partial charge in [0, 0.05) is 11.8 Å². The van der Waals surface area contributed by atoms with E-state index in [1.807, 2.05) is 19.1 Å². The molecule has 3 rings (SSSR count). The average Bonchev–Trinajstić information content (AvgIpc) is 2.83. The van der Waals surface area contributed by atoms with Crippen molar-refractivity contribution >= 4 is 17.6 Å². The van der Waals surface area contributed by atoms with E-state index in [0.29, 0.717) is 22.9 Å². The summed E-state index contributed by atoms with van der Waals surface area (Å²) in [5, 5.41) is 6.82. The molecule has 1 amide bonds. The third-order valence-electron chi connectivity index (χ3n) is 4.74. The lowest BCUT2D eigenvalue weighted by Crippen LogP contribution is -2.27. The predicted molar refractivity (Wildman–Crippen MR) is 124 cm³/mol. The molecule has 10 nitrogen and oxygen atoms in total. The van der Waals surface area contributed by atoms with Crippen molar-refractivity contribution in [2.24, 2.45) is 0 Å². The van der Waals surface area contributed by atoms with E-state index in [4.69, 9.17) is 18.9 Å². The number of aromatic nitrogens is 2. The van der Waals surface area contributed by atoms with Crippen molar-refractivity contribution in [1.82, 2.24) is 9.78 Å². The molecule has 2 aromatic carbocycles. The standard InChI is InChI=1S/C24H25N3O7/c1-5-33-24(30)23-20(13-22(29)27(26-23)17-9-7-6-8-15(17)2)34-14-21(28)25-16-10-11-18(31-3)19(12-16)32-4/h6-13H,5,14H2,1-4H3,(H,25,28). The molecule has 0 aliphatic heterocycles. The van der Waals surface area contributed by atoms with Crippen LogP contribution in [0.15, 0.2) is 53.3 Å². The van der Waals surface area contributed by atoms with Crippen LogP contribution in [0.1, 0.15) is 23.0 Å². The molecule has 0 saturated carbocycles. The molecule has 0 aliphatic rings. The molecule has 0 spiro atoms. The van der Waals surface area contributed by atoms with Crippen LogP contribution in [0.4, 0.5) is 5.69 Å². The van der Waals surface area contributed by atoms with Crippen LogP contribution in [0, 0.1) is 6.92 Å². The smallest absolute Gasteiger partial charge is 0.362 e. The van der Waals surface area contributed by atoms with E-state index in [1.165, 1.54) is 14.2 Å². The van der Waals surface area contributed by atoms with E-state index in [9.17, 15) is 14.4 Å². The number of aryl methyl sites for hydroxylation is 1. The van der Waals surface area contributed by atoms with Crippen molar-refractivity contribution < 1.29 is 28.5 Å². The van der Waals surface area contributed by atoms with Gasteiger partial charge in [0.2, 0.25) is 5.69 Å². The first-order valence-electron chi connectivity index (χ1n) is 10.4. The second-order valence-electron chi connectivity index (χ2n) is 7.02. The molecular weight excluding hydrogens is 442 g/mol. The van der Waals surface area contributed by atoms with Crippen molar-refractivity contribution in [1.29, 1.82) is 0 Å². The third kappa shape index (κ3) is 5.52. The van der Waals surface area contributed by atoms with Gasteiger partial charge in [0.1, 0.15) is 0 Å². The number of esters is 1. The topological polar surface area (TPSA) is 118 Å². The number of carbonyl (C=O) groups excluding carboxylic acids is 2. The maximum Gasteiger partial charge on any atom is 0.362 e. The Kier molecular flexibility index (Phi) is 7.86. The molecule has 10 heteroatoms. The Morgan fingerprint density at radius 1 is 1.00 bits per heavy atom. The number of para-hydroxylation sites is 1. The van der Waals surface area contributed by atoms with Crippen molar-refractivity contribution in [3.8, 4) is 22.9 Å². The molecule has 0 atom stereocenters. The van der Waals surface area contributed by atoms with Gasteiger partial charge in [0.15, 0.2) is 23.9 Å². The number of hydrogen-bond acceptors (Lipinski definition) is 8. The van der Waals surface area contributed by atoms with Gasteiger partial charge < -0.3 is 24.3 Å². The molecule has 0 radical (unpaired) electrons. The molecule has 0 bridgehead atoms. The Morgan fingerprint density at radius 3 is 2.41 bits per heavy atom. The van der Waals surface area contributed by atoms with Gasteiger partial charge in [-0.25, -0.2) is 4.79 Å². The Balaban J connectivity index is 1.84. The second-order valence-corrected chi connectivity index (χ2v) is 7.02. The van der Waals surface area contributed by atoms with Crippen molar-refractivity contribution in [3.63, 3.8) is 0 Å². The minimum Gasteiger partial charge on any atom is -0.493 e. The first-order valence-corrected chi connectivity index (χ1v) is 10.4. The van der Waals surface area contributed by atoms with Crippen LogP contribution in [0.5, 0.6) is 17.2 Å². The lowest BCUT2D eigenvalue weighted by atomic mass is 10.2. The second kappa shape index (κ2) is 11.0. The molecule has 0 aliphatic carbocycles. The summed E-state index contributed by atoms with van der Waals surface area (Å²) in [7, 11) is 2.99. The maximum atomic E-state index is 12.7. The van der Waals surface area contributed by atoms with Crippen molar-refractivity contribution in [2.75, 3.05) is 32.8 Å². The Morgan fingerprint density at radius 2 is 1.74 bits per heavy atom. The highest BCUT2D eigenvalue weighted by atomic mass is 16.5. The largest absolute Gasteiger partial charge is 0.493 e. The molecule has 178 valence electrons. The Hall–Kier alpha value is -4.34. The first kappa shape index (κ1) is 24.3. The summed E-state index contributed by atoms with van der Waals surface area (Å²) < 4.78 is 22.0. The highest BCUT2D eigenvalue weighted by molar-refractivity contribution is 5.93. The number of amides is 1. The Labute approximate surface area is 196 Å². The van der Waals surface area contributed by atoms with Crippen molar-refractivity contribution in [3.05, 3.63) is 70.1 Å². The van der Waals surface area contributed by atoms with Crippen molar-refractivity contribution in [2.45, 2.75) is 13.8 Å². The summed E-state index contributed by atoms with van der Waals surface area (Å²) >= 11 is 0. The number of methoxy groups -OCH3 is 2. The van der Waals surface area contributed by atoms with Crippen LogP contribution >= 0.6 is 0 Å². The van der Waals surface area contributed by atoms with E-state index in [-0.39, 0.29) is 18.1 Å². The summed E-state index contributed by atoms with van der Waals surface area (Å²) in [5.41, 5.74) is 0.997. The number of hydrogen-bond donors (Lipinski definition) is 1. The van der Waals surface area contributed by atoms with Gasteiger partial charge in [-0.2, -0.15) is 9.78 Å². The number of carbonyl (C=O) groups is 2. The number of benzene rings is 2. The molecule has 3 aromatic rings. The molecule has 0 unspecified atom stereocenters. The van der Waals surface area contributed by atoms with Gasteiger partial charge in [-0.1, -0.05) is 18.2 Å². The summed E-state index contributed by atoms with van der Waals surface area (Å²) in [5.74, 6) is -0.507. The van der Waals surface area contributed by atoms with Crippen LogP contribution in [0.3, 0.4) is 0 Å². The van der Waals surface area contributed by atoms with Gasteiger partial charge in [0.05, 0.1) is 32.6 Å². The lowest BCUT2D eigenvalue weighted by Gasteiger charge is -2.14. The molecular formula is C24H25N3O7. The lowest BCUT2D eigenvalue weighted by molar-refractivity contribution is -0.118. The molecule has 0 fully saturated rings. The van der Waals surface area contributed by atoms with Gasteiger partial charge in [-0.15, -0.1) is 0 Å². The summed E-state index contributed by atoms with van der Waals surface area (Å²) in [6, 6.07) is 13.1. The zero-order chi connectivity index (χ0) is 24.7. The number of anilines is 1. The maximum absolute atomic E-state index is 12.7. The SMILES string of the molecule is CCOC(=O)c1nn(-c2ccccc2C)c(=O)cc1OCC(=O)Nc1ccc(OC)c(OC)c1. The van der Waals surface area contributed by atoms with E-state index >= 15 is 0 Å². The third-order valence-corrected chi connectivity index (χ3v) is 4.74. The Bertz CT molecular complexity index is 1250. The van der Waals surface area contributed by atoms with Gasteiger partial charge in [-0.05, 0) is 37.6 Å². The fourth-order valence-electron chi connectivity index (χ4n) is 3.12. The average molecular weight is 467 g/mol. The minimum atomic E-state index is -0.778. The highest BCUT2D eigenvalue weighted by Crippen LogP contribution is 2.29. The first-order chi connectivity index (χ1) is 16.4. The fraction of sp³-hybridized carbons (Fsp3) is 0.250. The monoisotopic (exact) mass is 467 g/mol. The molecule has 0 saturated heterocycles. The normalized spacial score (nSPS) is 10.4. The molecule has 34 heavy (non-hydrogen) atoms. The summed E-state index contributed by atoms with van der Waals surface area (Å²) in [4.78, 5) is 37.7. The van der Waals surface area contributed by atoms with Gasteiger partial charge in [-0.3, -0.25) is 9.59 Å². The zero-order valence-corrected chi connectivity index (χ0v) is 19.3. The van der Waals surface area contributed by atoms with Crippen LogP contribution < -0.4 is 25.1 Å². The number of nitrogens with zero attached hydrogens (tertiary/aromatic N) is 2. The molecule has 1 N–H and O–H groups in total. The molecule has 1 aromatic heterocycles. The summed E-state index contributed by atoms with van der Waals surface area (Å²) in [6.07, 6.45) is 0.